The van der Waals surface area contributed by atoms with Crippen molar-refractivity contribution in [1.29, 1.82) is 0 Å². The van der Waals surface area contributed by atoms with Crippen LogP contribution in [-0.2, 0) is 7.05 Å². The Morgan fingerprint density at radius 2 is 1.62 bits per heavy atom. The van der Waals surface area contributed by atoms with Crippen LogP contribution in [0.1, 0.15) is 46.1 Å². The molecule has 0 fully saturated rings. The monoisotopic (exact) mass is 345 g/mol. The van der Waals surface area contributed by atoms with Gasteiger partial charge < -0.3 is 0 Å². The van der Waals surface area contributed by atoms with Crippen LogP contribution in [0.3, 0.4) is 0 Å². The molecular weight excluding hydrogens is 314 g/mol. The number of rotatable bonds is 3. The molecule has 1 heteroatoms. The average Bonchev–Trinajstić information content (AvgIpc) is 2.62. The fraction of sp³-hybridized carbons (Fsp3) is 0.320. The van der Waals surface area contributed by atoms with Crippen molar-refractivity contribution in [3.05, 3.63) is 78.0 Å². The first-order chi connectivity index (χ1) is 12.6. The Bertz CT molecular complexity index is 964. The van der Waals surface area contributed by atoms with Crippen LogP contribution in [0.5, 0.6) is 0 Å². The van der Waals surface area contributed by atoms with E-state index >= 15 is 0 Å². The lowest BCUT2D eigenvalue weighted by atomic mass is 9.77. The van der Waals surface area contributed by atoms with Gasteiger partial charge in [0.2, 0.25) is 5.69 Å². The van der Waals surface area contributed by atoms with Crippen LogP contribution in [-0.4, -0.2) is 0 Å². The van der Waals surface area contributed by atoms with E-state index in [-0.39, 0.29) is 5.41 Å². The van der Waals surface area contributed by atoms with Crippen molar-refractivity contribution in [3.63, 3.8) is 0 Å². The molecule has 0 spiro atoms. The first-order valence-electron chi connectivity index (χ1n) is 9.78. The summed E-state index contributed by atoms with van der Waals surface area (Å²) in [4.78, 5) is 0. The Hall–Kier alpha value is -2.41. The summed E-state index contributed by atoms with van der Waals surface area (Å²) in [7, 11) is 2.09. The van der Waals surface area contributed by atoms with Crippen LogP contribution in [0.25, 0.3) is 22.4 Å². The molecule has 0 amide bonds. The second-order valence-corrected chi connectivity index (χ2v) is 8.18. The number of aromatic nitrogens is 1. The second-order valence-electron chi connectivity index (χ2n) is 8.18. The van der Waals surface area contributed by atoms with E-state index in [1.165, 1.54) is 22.4 Å². The molecule has 0 N–H and O–H groups in total. The minimum atomic E-state index is -0.651. The molecule has 2 aromatic carbocycles. The van der Waals surface area contributed by atoms with Crippen molar-refractivity contribution in [2.24, 2.45) is 12.5 Å². The van der Waals surface area contributed by atoms with Gasteiger partial charge in [0, 0.05) is 19.1 Å². The predicted octanol–water partition coefficient (Wildman–Crippen LogP) is 6.30. The van der Waals surface area contributed by atoms with Crippen molar-refractivity contribution in [1.82, 2.24) is 0 Å². The maximum absolute atomic E-state index is 8.91. The van der Waals surface area contributed by atoms with Gasteiger partial charge in [-0.2, -0.15) is 0 Å². The van der Waals surface area contributed by atoms with Crippen LogP contribution in [0.2, 0.25) is 0 Å². The molecule has 1 aromatic heterocycles. The number of nitrogens with zero attached hydrogens (tertiary/aromatic N) is 1. The smallest absolute Gasteiger partial charge is 0.201 e. The minimum absolute atomic E-state index is 0.138. The van der Waals surface area contributed by atoms with Crippen molar-refractivity contribution < 1.29 is 5.94 Å². The van der Waals surface area contributed by atoms with Gasteiger partial charge in [-0.3, -0.25) is 0 Å². The largest absolute Gasteiger partial charge is 0.213 e. The number of benzene rings is 2. The quantitative estimate of drug-likeness (QED) is 0.490. The maximum atomic E-state index is 8.91. The van der Waals surface area contributed by atoms with Crippen molar-refractivity contribution in [2.75, 3.05) is 0 Å². The fourth-order valence-electron chi connectivity index (χ4n) is 3.24. The lowest BCUT2D eigenvalue weighted by molar-refractivity contribution is -0.660. The standard InChI is InChI=1S/C25H30N/c1-18-10-7-8-13-23(18)24-17-22(14-15-26(24)6)21-12-9-11-20(16-21)19(2)25(3,4)5/h7-17,19H,1-6H3/q+1/i19D. The highest BCUT2D eigenvalue weighted by molar-refractivity contribution is 5.70. The molecule has 0 aliphatic rings. The van der Waals surface area contributed by atoms with E-state index in [1.807, 2.05) is 6.92 Å². The van der Waals surface area contributed by atoms with E-state index in [0.717, 1.165) is 11.1 Å². The second kappa shape index (κ2) is 7.07. The van der Waals surface area contributed by atoms with Crippen LogP contribution in [0.4, 0.5) is 0 Å². The van der Waals surface area contributed by atoms with Crippen LogP contribution in [0, 0.1) is 12.3 Å². The molecule has 0 aliphatic heterocycles. The molecule has 3 rings (SSSR count). The van der Waals surface area contributed by atoms with E-state index in [1.54, 1.807) is 0 Å². The summed E-state index contributed by atoms with van der Waals surface area (Å²) in [6.07, 6.45) is 2.12. The Kier molecular flexibility index (Phi) is 4.63. The summed E-state index contributed by atoms with van der Waals surface area (Å²) < 4.78 is 11.1. The highest BCUT2D eigenvalue weighted by Gasteiger charge is 2.22. The summed E-state index contributed by atoms with van der Waals surface area (Å²) >= 11 is 0. The van der Waals surface area contributed by atoms with Gasteiger partial charge >= 0.3 is 0 Å². The Labute approximate surface area is 159 Å². The molecule has 0 radical (unpaired) electrons. The molecule has 134 valence electrons. The molecule has 1 unspecified atom stereocenters. The van der Waals surface area contributed by atoms with Gasteiger partial charge in [-0.25, -0.2) is 4.57 Å². The van der Waals surface area contributed by atoms with Crippen molar-refractivity contribution in [2.45, 2.75) is 40.5 Å². The molecule has 3 aromatic rings. The number of hydrogen-bond acceptors (Lipinski definition) is 0. The third-order valence-electron chi connectivity index (χ3n) is 5.32. The number of pyridine rings is 1. The van der Waals surface area contributed by atoms with Crippen molar-refractivity contribution in [3.8, 4) is 22.4 Å². The van der Waals surface area contributed by atoms with Gasteiger partial charge in [-0.1, -0.05) is 70.2 Å². The predicted molar refractivity (Wildman–Crippen MR) is 111 cm³/mol. The zero-order valence-electron chi connectivity index (χ0n) is 17.8. The summed E-state index contributed by atoms with van der Waals surface area (Å²) in [5, 5.41) is 0. The molecule has 1 atom stereocenters. The summed E-state index contributed by atoms with van der Waals surface area (Å²) in [5.41, 5.74) is 6.96. The Morgan fingerprint density at radius 1 is 0.923 bits per heavy atom. The summed E-state index contributed by atoms with van der Waals surface area (Å²) in [6, 6.07) is 21.4. The third kappa shape index (κ3) is 3.72. The van der Waals surface area contributed by atoms with Crippen LogP contribution < -0.4 is 4.57 Å². The van der Waals surface area contributed by atoms with E-state index in [9.17, 15) is 0 Å². The molecule has 1 heterocycles. The molecule has 0 saturated carbocycles. The first kappa shape index (κ1) is 17.0. The van der Waals surface area contributed by atoms with Gasteiger partial charge in [0.25, 0.3) is 0 Å². The molecule has 0 saturated heterocycles. The summed E-state index contributed by atoms with van der Waals surface area (Å²) in [6.45, 7) is 10.6. The van der Waals surface area contributed by atoms with E-state index < -0.39 is 5.89 Å². The molecule has 26 heavy (non-hydrogen) atoms. The fourth-order valence-corrected chi connectivity index (χ4v) is 3.24. The first-order valence-corrected chi connectivity index (χ1v) is 9.28. The highest BCUT2D eigenvalue weighted by atomic mass is 14.9. The zero-order valence-corrected chi connectivity index (χ0v) is 16.8. The lowest BCUT2D eigenvalue weighted by Crippen LogP contribution is -2.30. The third-order valence-corrected chi connectivity index (χ3v) is 5.32. The summed E-state index contributed by atoms with van der Waals surface area (Å²) in [5.74, 6) is -0.651. The Morgan fingerprint density at radius 3 is 2.31 bits per heavy atom. The molecule has 1 nitrogen and oxygen atoms in total. The lowest BCUT2D eigenvalue weighted by Gasteiger charge is -2.28. The van der Waals surface area contributed by atoms with Crippen LogP contribution in [0.15, 0.2) is 66.9 Å². The van der Waals surface area contributed by atoms with Gasteiger partial charge in [0.15, 0.2) is 6.20 Å². The SMILES string of the molecule is [2H]C(C)(c1cccc(-c2cc[n+](C)c(-c3ccccc3C)c2)c1)C(C)(C)C. The Balaban J connectivity index is 2.10. The minimum Gasteiger partial charge on any atom is -0.201 e. The normalized spacial score (nSPS) is 14.6. The van der Waals surface area contributed by atoms with E-state index in [2.05, 4.69) is 106 Å². The van der Waals surface area contributed by atoms with E-state index in [0.29, 0.717) is 0 Å². The van der Waals surface area contributed by atoms with Gasteiger partial charge in [-0.15, -0.1) is 0 Å². The van der Waals surface area contributed by atoms with Crippen LogP contribution >= 0.6 is 0 Å². The number of hydrogen-bond donors (Lipinski definition) is 0. The average molecular weight is 346 g/mol. The highest BCUT2D eigenvalue weighted by Crippen LogP contribution is 2.36. The molecule has 0 bridgehead atoms. The zero-order chi connectivity index (χ0) is 19.8. The topological polar surface area (TPSA) is 3.88 Å². The number of aryl methyl sites for hydroxylation is 2. The molecular formula is C25H30N+. The van der Waals surface area contributed by atoms with E-state index in [4.69, 9.17) is 1.37 Å². The van der Waals surface area contributed by atoms with Gasteiger partial charge in [-0.05, 0) is 46.6 Å². The molecule has 0 aliphatic carbocycles. The van der Waals surface area contributed by atoms with Gasteiger partial charge in [0.1, 0.15) is 7.05 Å². The van der Waals surface area contributed by atoms with Crippen molar-refractivity contribution >= 4 is 0 Å². The maximum Gasteiger partial charge on any atom is 0.213 e. The van der Waals surface area contributed by atoms with Gasteiger partial charge in [0.05, 0.1) is 0 Å².